The predicted molar refractivity (Wildman–Crippen MR) is 79.6 cm³/mol. The van der Waals surface area contributed by atoms with Crippen LogP contribution >= 0.6 is 11.6 Å². The van der Waals surface area contributed by atoms with E-state index in [1.54, 1.807) is 20.4 Å². The van der Waals surface area contributed by atoms with Crippen molar-refractivity contribution in [1.82, 2.24) is 15.1 Å². The highest BCUT2D eigenvalue weighted by Crippen LogP contribution is 2.22. The van der Waals surface area contributed by atoms with E-state index in [2.05, 4.69) is 15.3 Å². The predicted octanol–water partition coefficient (Wildman–Crippen LogP) is 0.638. The monoisotopic (exact) mass is 300 g/mol. The van der Waals surface area contributed by atoms with E-state index in [0.29, 0.717) is 24.9 Å². The average Bonchev–Trinajstić information content (AvgIpc) is 2.94. The number of nitrogens with zero attached hydrogens (tertiary/aromatic N) is 3. The lowest BCUT2D eigenvalue weighted by Crippen LogP contribution is -2.40. The summed E-state index contributed by atoms with van der Waals surface area (Å²) in [5, 5.41) is 7.73. The van der Waals surface area contributed by atoms with E-state index in [4.69, 9.17) is 16.3 Å². The third kappa shape index (κ3) is 3.50. The molecule has 1 aromatic heterocycles. The maximum Gasteiger partial charge on any atom is 0.287 e. The van der Waals surface area contributed by atoms with Crippen molar-refractivity contribution in [2.24, 2.45) is 7.05 Å². The van der Waals surface area contributed by atoms with Gasteiger partial charge in [-0.15, -0.1) is 0 Å². The maximum absolute atomic E-state index is 11.9. The Labute approximate surface area is 123 Å². The fourth-order valence-electron chi connectivity index (χ4n) is 2.41. The van der Waals surface area contributed by atoms with Gasteiger partial charge in [0, 0.05) is 33.3 Å². The zero-order valence-corrected chi connectivity index (χ0v) is 12.7. The molecule has 0 aromatic carbocycles. The molecule has 112 valence electrons. The van der Waals surface area contributed by atoms with E-state index >= 15 is 0 Å². The van der Waals surface area contributed by atoms with Gasteiger partial charge < -0.3 is 15.0 Å². The van der Waals surface area contributed by atoms with Gasteiger partial charge in [-0.1, -0.05) is 11.6 Å². The topological polar surface area (TPSA) is 59.4 Å². The van der Waals surface area contributed by atoms with Crippen molar-refractivity contribution in [3.8, 4) is 0 Å². The van der Waals surface area contributed by atoms with Crippen LogP contribution in [0.4, 0.5) is 5.69 Å². The summed E-state index contributed by atoms with van der Waals surface area (Å²) in [7, 11) is 3.26. The van der Waals surface area contributed by atoms with Gasteiger partial charge in [0.2, 0.25) is 0 Å². The van der Waals surface area contributed by atoms with Crippen LogP contribution in [0.2, 0.25) is 5.02 Å². The van der Waals surface area contributed by atoms with E-state index in [9.17, 15) is 4.79 Å². The van der Waals surface area contributed by atoms with Gasteiger partial charge in [-0.2, -0.15) is 5.10 Å². The van der Waals surface area contributed by atoms with Crippen LogP contribution < -0.4 is 15.8 Å². The van der Waals surface area contributed by atoms with Crippen molar-refractivity contribution >= 4 is 17.3 Å². The molecule has 2 heterocycles. The first-order chi connectivity index (χ1) is 9.63. The smallest absolute Gasteiger partial charge is 0.287 e. The van der Waals surface area contributed by atoms with Gasteiger partial charge in [-0.25, -0.2) is 4.68 Å². The highest BCUT2D eigenvalue weighted by molar-refractivity contribution is 6.33. The fourth-order valence-corrected chi connectivity index (χ4v) is 2.70. The molecular weight excluding hydrogens is 280 g/mol. The SMILES string of the molecule is COCCN(CC1CCCN1)c1cnn(C)c(=O)c1Cl. The number of halogens is 1. The average molecular weight is 301 g/mol. The summed E-state index contributed by atoms with van der Waals surface area (Å²) in [6, 6.07) is 0.423. The Morgan fingerprint density at radius 2 is 2.45 bits per heavy atom. The van der Waals surface area contributed by atoms with E-state index in [0.717, 1.165) is 19.5 Å². The summed E-state index contributed by atoms with van der Waals surface area (Å²) >= 11 is 6.18. The molecule has 0 spiro atoms. The molecule has 1 saturated heterocycles. The van der Waals surface area contributed by atoms with E-state index < -0.39 is 0 Å². The second-order valence-corrected chi connectivity index (χ2v) is 5.38. The molecule has 0 aliphatic carbocycles. The third-order valence-electron chi connectivity index (χ3n) is 3.57. The van der Waals surface area contributed by atoms with Crippen molar-refractivity contribution < 1.29 is 4.74 Å². The van der Waals surface area contributed by atoms with Crippen molar-refractivity contribution in [2.45, 2.75) is 18.9 Å². The van der Waals surface area contributed by atoms with Gasteiger partial charge in [0.15, 0.2) is 0 Å². The lowest BCUT2D eigenvalue weighted by molar-refractivity contribution is 0.204. The molecule has 1 atom stereocenters. The van der Waals surface area contributed by atoms with Crippen molar-refractivity contribution in [1.29, 1.82) is 0 Å². The second kappa shape index (κ2) is 7.06. The largest absolute Gasteiger partial charge is 0.383 e. The van der Waals surface area contributed by atoms with Crippen LogP contribution in [0.25, 0.3) is 0 Å². The lowest BCUT2D eigenvalue weighted by Gasteiger charge is -2.28. The fraction of sp³-hybridized carbons (Fsp3) is 0.692. The molecule has 0 radical (unpaired) electrons. The molecule has 20 heavy (non-hydrogen) atoms. The Balaban J connectivity index is 2.20. The first-order valence-electron chi connectivity index (χ1n) is 6.82. The number of anilines is 1. The highest BCUT2D eigenvalue weighted by Gasteiger charge is 2.21. The molecule has 7 heteroatoms. The molecule has 1 unspecified atom stereocenters. The molecule has 6 nitrogen and oxygen atoms in total. The molecule has 0 saturated carbocycles. The van der Waals surface area contributed by atoms with Crippen molar-refractivity contribution in [3.63, 3.8) is 0 Å². The molecule has 0 amide bonds. The van der Waals surface area contributed by atoms with Crippen LogP contribution in [-0.4, -0.2) is 49.2 Å². The maximum atomic E-state index is 11.9. The Morgan fingerprint density at radius 1 is 1.65 bits per heavy atom. The molecule has 1 fully saturated rings. The summed E-state index contributed by atoms with van der Waals surface area (Å²) in [6.07, 6.45) is 3.97. The number of aromatic nitrogens is 2. The molecule has 1 aromatic rings. The number of methoxy groups -OCH3 is 1. The number of rotatable bonds is 6. The molecule has 1 aliphatic rings. The van der Waals surface area contributed by atoms with Crippen molar-refractivity contribution in [2.75, 3.05) is 38.3 Å². The first kappa shape index (κ1) is 15.3. The van der Waals surface area contributed by atoms with Gasteiger partial charge in [0.1, 0.15) is 5.02 Å². The number of ether oxygens (including phenoxy) is 1. The molecule has 1 N–H and O–H groups in total. The summed E-state index contributed by atoms with van der Waals surface area (Å²) in [4.78, 5) is 14.0. The van der Waals surface area contributed by atoms with Gasteiger partial charge in [0.05, 0.1) is 18.5 Å². The van der Waals surface area contributed by atoms with Gasteiger partial charge in [-0.3, -0.25) is 4.79 Å². The normalized spacial score (nSPS) is 18.4. The summed E-state index contributed by atoms with van der Waals surface area (Å²) in [6.45, 7) is 3.12. The number of nitrogens with one attached hydrogen (secondary N) is 1. The van der Waals surface area contributed by atoms with E-state index in [1.807, 2.05) is 0 Å². The zero-order chi connectivity index (χ0) is 14.5. The quantitative estimate of drug-likeness (QED) is 0.835. The molecule has 2 rings (SSSR count). The van der Waals surface area contributed by atoms with E-state index in [-0.39, 0.29) is 10.6 Å². The first-order valence-corrected chi connectivity index (χ1v) is 7.20. The Morgan fingerprint density at radius 3 is 3.10 bits per heavy atom. The Kier molecular flexibility index (Phi) is 5.39. The number of hydrogen-bond donors (Lipinski definition) is 1. The number of aryl methyl sites for hydroxylation is 1. The zero-order valence-electron chi connectivity index (χ0n) is 11.9. The standard InChI is InChI=1S/C13H21ClN4O2/c1-17-13(19)12(14)11(8-16-17)18(6-7-20-2)9-10-4-3-5-15-10/h8,10,15H,3-7,9H2,1-2H3. The van der Waals surface area contributed by atoms with Crippen LogP contribution in [0, 0.1) is 0 Å². The molecule has 1 aliphatic heterocycles. The summed E-state index contributed by atoms with van der Waals surface area (Å²) in [5.41, 5.74) is 0.409. The second-order valence-electron chi connectivity index (χ2n) is 5.00. The summed E-state index contributed by atoms with van der Waals surface area (Å²) in [5.74, 6) is 0. The minimum absolute atomic E-state index is 0.219. The van der Waals surface area contributed by atoms with Crippen LogP contribution in [0.15, 0.2) is 11.0 Å². The third-order valence-corrected chi connectivity index (χ3v) is 3.92. The molecular formula is C13H21ClN4O2. The minimum atomic E-state index is -0.272. The van der Waals surface area contributed by atoms with Crippen LogP contribution in [-0.2, 0) is 11.8 Å². The lowest BCUT2D eigenvalue weighted by atomic mass is 10.2. The van der Waals surface area contributed by atoms with Crippen LogP contribution in [0.5, 0.6) is 0 Å². The van der Waals surface area contributed by atoms with Gasteiger partial charge >= 0.3 is 0 Å². The highest BCUT2D eigenvalue weighted by atomic mass is 35.5. The van der Waals surface area contributed by atoms with Crippen LogP contribution in [0.1, 0.15) is 12.8 Å². The Hall–Kier alpha value is -1.11. The van der Waals surface area contributed by atoms with Gasteiger partial charge in [-0.05, 0) is 19.4 Å². The van der Waals surface area contributed by atoms with Crippen LogP contribution in [0.3, 0.4) is 0 Å². The summed E-state index contributed by atoms with van der Waals surface area (Å²) < 4.78 is 6.39. The van der Waals surface area contributed by atoms with Gasteiger partial charge in [0.25, 0.3) is 5.56 Å². The number of hydrogen-bond acceptors (Lipinski definition) is 5. The Bertz CT molecular complexity index is 500. The van der Waals surface area contributed by atoms with Crippen molar-refractivity contribution in [3.05, 3.63) is 21.6 Å². The minimum Gasteiger partial charge on any atom is -0.383 e. The molecule has 0 bridgehead atoms. The van der Waals surface area contributed by atoms with E-state index in [1.165, 1.54) is 11.1 Å².